The molecule has 5 rings (SSSR count). The van der Waals surface area contributed by atoms with Crippen molar-refractivity contribution in [3.8, 4) is 5.75 Å². The molecule has 37 heavy (non-hydrogen) atoms. The van der Waals surface area contributed by atoms with Gasteiger partial charge in [-0.1, -0.05) is 66.7 Å². The molecular formula is C29H27N5O3. The van der Waals surface area contributed by atoms with Crippen LogP contribution in [0.25, 0.3) is 5.78 Å². The lowest BCUT2D eigenvalue weighted by Gasteiger charge is -2.21. The molecule has 8 heteroatoms. The molecule has 0 saturated carbocycles. The summed E-state index contributed by atoms with van der Waals surface area (Å²) in [6.07, 6.45) is 0.447. The molecule has 0 aliphatic carbocycles. The van der Waals surface area contributed by atoms with Gasteiger partial charge in [0.1, 0.15) is 5.75 Å². The number of ether oxygens (including phenoxy) is 1. The lowest BCUT2D eigenvalue weighted by molar-refractivity contribution is 0.0982. The summed E-state index contributed by atoms with van der Waals surface area (Å²) in [6.45, 7) is 3.87. The van der Waals surface area contributed by atoms with Gasteiger partial charge >= 0.3 is 0 Å². The molecule has 3 aromatic carbocycles. The van der Waals surface area contributed by atoms with Crippen LogP contribution in [0.2, 0.25) is 0 Å². The largest absolute Gasteiger partial charge is 0.496 e. The Morgan fingerprint density at radius 3 is 2.41 bits per heavy atom. The third kappa shape index (κ3) is 4.73. The summed E-state index contributed by atoms with van der Waals surface area (Å²) in [5.41, 5.74) is 4.12. The third-order valence-corrected chi connectivity index (χ3v) is 6.40. The van der Waals surface area contributed by atoms with Crippen LogP contribution in [-0.2, 0) is 13.0 Å². The summed E-state index contributed by atoms with van der Waals surface area (Å²) >= 11 is 0. The zero-order valence-electron chi connectivity index (χ0n) is 20.9. The van der Waals surface area contributed by atoms with E-state index in [0.29, 0.717) is 29.0 Å². The molecule has 0 fully saturated rings. The topological polar surface area (TPSA) is 92.6 Å². The number of amides is 1. The molecular weight excluding hydrogens is 466 g/mol. The Hall–Kier alpha value is -4.72. The van der Waals surface area contributed by atoms with Crippen LogP contribution in [0.1, 0.15) is 38.3 Å². The maximum atomic E-state index is 13.8. The van der Waals surface area contributed by atoms with E-state index in [4.69, 9.17) is 4.74 Å². The van der Waals surface area contributed by atoms with Crippen LogP contribution in [0.3, 0.4) is 0 Å². The number of anilines is 1. The number of para-hydroxylation sites is 1. The normalized spacial score (nSPS) is 11.0. The summed E-state index contributed by atoms with van der Waals surface area (Å²) in [4.78, 5) is 38.0. The molecule has 186 valence electrons. The van der Waals surface area contributed by atoms with E-state index in [-0.39, 0.29) is 29.7 Å². The highest BCUT2D eigenvalue weighted by atomic mass is 16.5. The van der Waals surface area contributed by atoms with Crippen LogP contribution in [-0.4, -0.2) is 32.6 Å². The van der Waals surface area contributed by atoms with Gasteiger partial charge in [0.2, 0.25) is 5.95 Å². The third-order valence-electron chi connectivity index (χ3n) is 6.40. The highest BCUT2D eigenvalue weighted by molar-refractivity contribution is 6.06. The molecule has 0 radical (unpaired) electrons. The highest BCUT2D eigenvalue weighted by Crippen LogP contribution is 2.24. The Kier molecular flexibility index (Phi) is 6.55. The summed E-state index contributed by atoms with van der Waals surface area (Å²) < 4.78 is 6.83. The zero-order chi connectivity index (χ0) is 25.9. The van der Waals surface area contributed by atoms with E-state index in [1.54, 1.807) is 20.1 Å². The number of carbonyl (C=O) groups is 1. The smallest absolute Gasteiger partial charge is 0.277 e. The van der Waals surface area contributed by atoms with Crippen LogP contribution in [0.15, 0.2) is 83.7 Å². The number of carbonyl (C=O) groups excluding carboxylic acids is 1. The van der Waals surface area contributed by atoms with Gasteiger partial charge in [-0.15, -0.1) is 0 Å². The molecule has 0 unspecified atom stereocenters. The van der Waals surface area contributed by atoms with Crippen molar-refractivity contribution in [3.63, 3.8) is 0 Å². The monoisotopic (exact) mass is 493 g/mol. The number of hydrogen-bond acceptors (Lipinski definition) is 5. The van der Waals surface area contributed by atoms with Crippen LogP contribution in [0, 0.1) is 13.8 Å². The fraction of sp³-hybridized carbons (Fsp3) is 0.172. The first kappa shape index (κ1) is 24.0. The number of fused-ring (bicyclic) bond motifs is 1. The van der Waals surface area contributed by atoms with E-state index in [1.807, 2.05) is 79.7 Å². The first-order chi connectivity index (χ1) is 18.0. The van der Waals surface area contributed by atoms with Gasteiger partial charge in [0.25, 0.3) is 17.2 Å². The van der Waals surface area contributed by atoms with E-state index in [1.165, 1.54) is 9.42 Å². The number of nitrogens with zero attached hydrogens (tertiary/aromatic N) is 4. The molecule has 0 aliphatic rings. The van der Waals surface area contributed by atoms with Gasteiger partial charge < -0.3 is 4.74 Å². The second-order valence-corrected chi connectivity index (χ2v) is 8.84. The van der Waals surface area contributed by atoms with E-state index < -0.39 is 0 Å². The number of rotatable bonds is 7. The van der Waals surface area contributed by atoms with Crippen molar-refractivity contribution >= 4 is 17.6 Å². The highest BCUT2D eigenvalue weighted by Gasteiger charge is 2.25. The molecule has 2 aromatic heterocycles. The van der Waals surface area contributed by atoms with Crippen LogP contribution in [0.5, 0.6) is 5.75 Å². The van der Waals surface area contributed by atoms with Crippen molar-refractivity contribution < 1.29 is 9.53 Å². The van der Waals surface area contributed by atoms with Gasteiger partial charge in [-0.05, 0) is 37.1 Å². The number of aryl methyl sites for hydroxylation is 2. The van der Waals surface area contributed by atoms with Crippen LogP contribution >= 0.6 is 0 Å². The van der Waals surface area contributed by atoms with Crippen LogP contribution in [0.4, 0.5) is 5.95 Å². The second kappa shape index (κ2) is 10.1. The van der Waals surface area contributed by atoms with E-state index in [9.17, 15) is 9.59 Å². The minimum atomic E-state index is -0.252. The number of aromatic nitrogens is 4. The van der Waals surface area contributed by atoms with Gasteiger partial charge in [-0.2, -0.15) is 9.50 Å². The summed E-state index contributed by atoms with van der Waals surface area (Å²) in [6, 6.07) is 24.6. The molecule has 1 N–H and O–H groups in total. The molecule has 8 nitrogen and oxygen atoms in total. The minimum absolute atomic E-state index is 0.182. The molecule has 5 aromatic rings. The Labute approximate surface area is 214 Å². The quantitative estimate of drug-likeness (QED) is 0.361. The van der Waals surface area contributed by atoms with Gasteiger partial charge in [0, 0.05) is 23.1 Å². The van der Waals surface area contributed by atoms with Gasteiger partial charge in [-0.3, -0.25) is 19.6 Å². The lowest BCUT2D eigenvalue weighted by Crippen LogP contribution is -2.32. The SMILES string of the molecule is COc1ccccc1CN(C(=O)c1ccccc1C)c1nc2nc(C)c(Cc3ccccc3)c(=O)n2[nH]1. The average molecular weight is 494 g/mol. The molecule has 2 heterocycles. The van der Waals surface area contributed by atoms with Crippen molar-refractivity contribution in [3.05, 3.63) is 123 Å². The number of benzene rings is 3. The molecule has 0 bridgehead atoms. The van der Waals surface area contributed by atoms with E-state index in [2.05, 4.69) is 15.1 Å². The second-order valence-electron chi connectivity index (χ2n) is 8.84. The predicted molar refractivity (Wildman–Crippen MR) is 142 cm³/mol. The van der Waals surface area contributed by atoms with Crippen molar-refractivity contribution in [2.24, 2.45) is 0 Å². The van der Waals surface area contributed by atoms with E-state index in [0.717, 1.165) is 16.7 Å². The standard InChI is InChI=1S/C29H27N5O3/c1-19-11-7-9-15-23(19)26(35)33(18-22-14-8-10-16-25(22)37-3)29-31-28-30-20(2)24(27(36)34(28)32-29)17-21-12-5-4-6-13-21/h4-16H,17-18H2,1-3H3,(H,30,31,32). The zero-order valence-corrected chi connectivity index (χ0v) is 20.9. The number of aromatic amines is 1. The van der Waals surface area contributed by atoms with Crippen molar-refractivity contribution in [2.45, 2.75) is 26.8 Å². The van der Waals surface area contributed by atoms with Crippen LogP contribution < -0.4 is 15.2 Å². The fourth-order valence-electron chi connectivity index (χ4n) is 4.37. The summed E-state index contributed by atoms with van der Waals surface area (Å²) in [5, 5.41) is 3.04. The number of hydrogen-bond donors (Lipinski definition) is 1. The Morgan fingerprint density at radius 1 is 0.946 bits per heavy atom. The van der Waals surface area contributed by atoms with Gasteiger partial charge in [-0.25, -0.2) is 4.98 Å². The lowest BCUT2D eigenvalue weighted by atomic mass is 10.1. The molecule has 1 amide bonds. The maximum absolute atomic E-state index is 13.8. The van der Waals surface area contributed by atoms with Crippen molar-refractivity contribution in [1.82, 2.24) is 19.6 Å². The van der Waals surface area contributed by atoms with E-state index >= 15 is 0 Å². The molecule has 0 saturated heterocycles. The van der Waals surface area contributed by atoms with Gasteiger partial charge in [0.05, 0.1) is 19.3 Å². The fourth-order valence-corrected chi connectivity index (χ4v) is 4.37. The Balaban J connectivity index is 1.61. The minimum Gasteiger partial charge on any atom is -0.496 e. The predicted octanol–water partition coefficient (Wildman–Crippen LogP) is 4.48. The molecule has 0 atom stereocenters. The molecule has 0 spiro atoms. The number of H-pyrrole nitrogens is 1. The molecule has 0 aliphatic heterocycles. The van der Waals surface area contributed by atoms with Crippen molar-refractivity contribution in [1.29, 1.82) is 0 Å². The van der Waals surface area contributed by atoms with Gasteiger partial charge in [0.15, 0.2) is 0 Å². The average Bonchev–Trinajstić information content (AvgIpc) is 3.34. The summed E-state index contributed by atoms with van der Waals surface area (Å²) in [5.74, 6) is 0.826. The maximum Gasteiger partial charge on any atom is 0.277 e. The summed E-state index contributed by atoms with van der Waals surface area (Å²) in [7, 11) is 1.59. The Bertz CT molecular complexity index is 1640. The first-order valence-electron chi connectivity index (χ1n) is 12.0. The Morgan fingerprint density at radius 2 is 1.65 bits per heavy atom. The number of methoxy groups -OCH3 is 1. The van der Waals surface area contributed by atoms with Crippen molar-refractivity contribution in [2.75, 3.05) is 12.0 Å². The number of nitrogens with one attached hydrogen (secondary N) is 1. The first-order valence-corrected chi connectivity index (χ1v) is 12.0.